The number of aliphatic hydroxyl groups excluding tert-OH is 1. The molecule has 4 atom stereocenters. The number of nitrogens with one attached hydrogen (secondary N) is 1. The van der Waals surface area contributed by atoms with Crippen LogP contribution < -0.4 is 11.1 Å². The van der Waals surface area contributed by atoms with Crippen molar-refractivity contribution in [1.29, 1.82) is 0 Å². The molecule has 2 heterocycles. The lowest BCUT2D eigenvalue weighted by atomic mass is 9.81. The molecule has 3 aliphatic rings. The van der Waals surface area contributed by atoms with E-state index in [1.165, 1.54) is 5.56 Å². The van der Waals surface area contributed by atoms with Crippen LogP contribution in [0.1, 0.15) is 56.2 Å². The fraction of sp³-hybridized carbons (Fsp3) is 0.667. The number of hydrogen-bond donors (Lipinski definition) is 3. The molecule has 0 unspecified atom stereocenters. The SMILES string of the molecule is N[C@H]1CC[C@H](Nc2c3c(nc4ccnn24)[C@]2(CCC[C@H]2O)CC3)C1. The van der Waals surface area contributed by atoms with Gasteiger partial charge < -0.3 is 16.2 Å². The Bertz CT molecular complexity index is 787. The Balaban J connectivity index is 1.63. The van der Waals surface area contributed by atoms with Gasteiger partial charge in [0.05, 0.1) is 18.0 Å². The van der Waals surface area contributed by atoms with Crippen LogP contribution in [0.3, 0.4) is 0 Å². The van der Waals surface area contributed by atoms with E-state index in [0.29, 0.717) is 12.1 Å². The summed E-state index contributed by atoms with van der Waals surface area (Å²) in [6.45, 7) is 0. The van der Waals surface area contributed by atoms with Gasteiger partial charge in [-0.1, -0.05) is 0 Å². The van der Waals surface area contributed by atoms with E-state index in [0.717, 1.165) is 68.5 Å². The minimum atomic E-state index is -0.260. The van der Waals surface area contributed by atoms with Crippen molar-refractivity contribution in [1.82, 2.24) is 14.6 Å². The predicted molar refractivity (Wildman–Crippen MR) is 92.1 cm³/mol. The fourth-order valence-corrected chi connectivity index (χ4v) is 5.20. The zero-order chi connectivity index (χ0) is 16.3. The van der Waals surface area contributed by atoms with E-state index < -0.39 is 0 Å². The smallest absolute Gasteiger partial charge is 0.157 e. The maximum Gasteiger partial charge on any atom is 0.157 e. The summed E-state index contributed by atoms with van der Waals surface area (Å²) >= 11 is 0. The van der Waals surface area contributed by atoms with Gasteiger partial charge in [0.1, 0.15) is 5.82 Å². The average molecular weight is 327 g/mol. The Kier molecular flexibility index (Phi) is 3.16. The molecule has 2 aromatic rings. The molecule has 6 nitrogen and oxygen atoms in total. The second-order valence-corrected chi connectivity index (χ2v) is 7.87. The van der Waals surface area contributed by atoms with Gasteiger partial charge in [0.25, 0.3) is 0 Å². The first kappa shape index (κ1) is 14.7. The van der Waals surface area contributed by atoms with Crippen molar-refractivity contribution in [2.24, 2.45) is 5.73 Å². The van der Waals surface area contributed by atoms with Crippen LogP contribution in [-0.4, -0.2) is 37.9 Å². The lowest BCUT2D eigenvalue weighted by Crippen LogP contribution is -2.33. The van der Waals surface area contributed by atoms with E-state index in [9.17, 15) is 5.11 Å². The molecule has 0 aromatic carbocycles. The molecule has 2 fully saturated rings. The van der Waals surface area contributed by atoms with Crippen LogP contribution >= 0.6 is 0 Å². The molecule has 24 heavy (non-hydrogen) atoms. The molecule has 2 saturated carbocycles. The first-order valence-corrected chi connectivity index (χ1v) is 9.25. The Morgan fingerprint density at radius 1 is 1.29 bits per heavy atom. The molecule has 0 saturated heterocycles. The summed E-state index contributed by atoms with van der Waals surface area (Å²) in [4.78, 5) is 4.93. The Hall–Kier alpha value is -1.66. The van der Waals surface area contributed by atoms with Crippen LogP contribution in [0.4, 0.5) is 5.82 Å². The monoisotopic (exact) mass is 327 g/mol. The molecule has 0 aliphatic heterocycles. The van der Waals surface area contributed by atoms with Gasteiger partial charge in [-0.25, -0.2) is 4.98 Å². The highest BCUT2D eigenvalue weighted by atomic mass is 16.3. The Morgan fingerprint density at radius 3 is 2.96 bits per heavy atom. The second kappa shape index (κ2) is 5.17. The van der Waals surface area contributed by atoms with Crippen LogP contribution in [0.5, 0.6) is 0 Å². The summed E-state index contributed by atoms with van der Waals surface area (Å²) in [5.74, 6) is 1.08. The van der Waals surface area contributed by atoms with Gasteiger partial charge in [0.2, 0.25) is 0 Å². The van der Waals surface area contributed by atoms with Gasteiger partial charge in [-0.3, -0.25) is 0 Å². The van der Waals surface area contributed by atoms with Crippen LogP contribution in [0, 0.1) is 0 Å². The molecule has 2 aromatic heterocycles. The molecular formula is C18H25N5O. The van der Waals surface area contributed by atoms with Gasteiger partial charge in [0, 0.05) is 29.1 Å². The molecule has 0 radical (unpaired) electrons. The number of fused-ring (bicyclic) bond motifs is 3. The van der Waals surface area contributed by atoms with E-state index in [2.05, 4.69) is 10.4 Å². The third kappa shape index (κ3) is 1.96. The number of nitrogens with two attached hydrogens (primary N) is 1. The lowest BCUT2D eigenvalue weighted by molar-refractivity contribution is 0.104. The fourth-order valence-electron chi connectivity index (χ4n) is 5.20. The lowest BCUT2D eigenvalue weighted by Gasteiger charge is -2.28. The zero-order valence-corrected chi connectivity index (χ0v) is 13.9. The topological polar surface area (TPSA) is 88.5 Å². The highest BCUT2D eigenvalue weighted by Gasteiger charge is 2.50. The Morgan fingerprint density at radius 2 is 2.21 bits per heavy atom. The van der Waals surface area contributed by atoms with Gasteiger partial charge in [-0.2, -0.15) is 9.61 Å². The molecule has 3 aliphatic carbocycles. The van der Waals surface area contributed by atoms with Crippen molar-refractivity contribution in [3.05, 3.63) is 23.5 Å². The van der Waals surface area contributed by atoms with Crippen molar-refractivity contribution in [3.63, 3.8) is 0 Å². The van der Waals surface area contributed by atoms with Crippen molar-refractivity contribution in [3.8, 4) is 0 Å². The first-order chi connectivity index (χ1) is 11.7. The molecule has 128 valence electrons. The van der Waals surface area contributed by atoms with Crippen LogP contribution in [0.2, 0.25) is 0 Å². The summed E-state index contributed by atoms with van der Waals surface area (Å²) in [6.07, 6.45) is 9.74. The highest BCUT2D eigenvalue weighted by molar-refractivity contribution is 5.60. The summed E-state index contributed by atoms with van der Waals surface area (Å²) in [5, 5.41) is 18.9. The molecule has 5 rings (SSSR count). The number of anilines is 1. The maximum absolute atomic E-state index is 10.7. The van der Waals surface area contributed by atoms with Gasteiger partial charge in [-0.05, 0) is 51.4 Å². The summed E-state index contributed by atoms with van der Waals surface area (Å²) < 4.78 is 1.93. The second-order valence-electron chi connectivity index (χ2n) is 7.87. The third-order valence-electron chi connectivity index (χ3n) is 6.48. The van der Waals surface area contributed by atoms with E-state index in [1.807, 2.05) is 10.6 Å². The maximum atomic E-state index is 10.7. The van der Waals surface area contributed by atoms with Crippen LogP contribution in [0.25, 0.3) is 5.65 Å². The average Bonchev–Trinajstić information content (AvgIpc) is 3.31. The molecule has 0 bridgehead atoms. The van der Waals surface area contributed by atoms with Gasteiger partial charge in [0.15, 0.2) is 5.65 Å². The van der Waals surface area contributed by atoms with E-state index >= 15 is 0 Å². The highest BCUT2D eigenvalue weighted by Crippen LogP contribution is 2.51. The van der Waals surface area contributed by atoms with Gasteiger partial charge >= 0.3 is 0 Å². The van der Waals surface area contributed by atoms with E-state index in [1.54, 1.807) is 6.20 Å². The van der Waals surface area contributed by atoms with Gasteiger partial charge in [-0.15, -0.1) is 0 Å². The minimum absolute atomic E-state index is 0.135. The molecule has 0 amide bonds. The van der Waals surface area contributed by atoms with E-state index in [4.69, 9.17) is 10.7 Å². The Labute approximate surface area is 141 Å². The molecule has 1 spiro atoms. The predicted octanol–water partition coefficient (Wildman–Crippen LogP) is 1.75. The van der Waals surface area contributed by atoms with E-state index in [-0.39, 0.29) is 11.5 Å². The number of nitrogens with zero attached hydrogens (tertiary/aromatic N) is 3. The minimum Gasteiger partial charge on any atom is -0.392 e. The number of hydrogen-bond acceptors (Lipinski definition) is 5. The summed E-state index contributed by atoms with van der Waals surface area (Å²) in [5.41, 5.74) is 9.20. The first-order valence-electron chi connectivity index (χ1n) is 9.25. The largest absolute Gasteiger partial charge is 0.392 e. The van der Waals surface area contributed by atoms with Crippen molar-refractivity contribution >= 4 is 11.5 Å². The van der Waals surface area contributed by atoms with Crippen LogP contribution in [-0.2, 0) is 11.8 Å². The summed E-state index contributed by atoms with van der Waals surface area (Å²) in [6, 6.07) is 2.66. The van der Waals surface area contributed by atoms with Crippen LogP contribution in [0.15, 0.2) is 12.3 Å². The standard InChI is InChI=1S/C18H25N5O/c19-11-3-4-12(10-11)21-17-13-5-8-18(7-1-2-14(18)24)16(13)22-15-6-9-20-23(15)17/h6,9,11-12,14,21,24H,1-5,7-8,10,19H2/t11-,12-,14+,18+/m0/s1. The summed E-state index contributed by atoms with van der Waals surface area (Å²) in [7, 11) is 0. The quantitative estimate of drug-likeness (QED) is 0.782. The van der Waals surface area contributed by atoms with Crippen molar-refractivity contribution < 1.29 is 5.11 Å². The number of aliphatic hydroxyl groups is 1. The van der Waals surface area contributed by atoms with Crippen molar-refractivity contribution in [2.45, 2.75) is 75.0 Å². The molecule has 4 N–H and O–H groups in total. The number of aromatic nitrogens is 3. The third-order valence-corrected chi connectivity index (χ3v) is 6.48. The zero-order valence-electron chi connectivity index (χ0n) is 13.9. The van der Waals surface area contributed by atoms with Crippen molar-refractivity contribution in [2.75, 3.05) is 5.32 Å². The molecule has 6 heteroatoms. The molecular weight excluding hydrogens is 302 g/mol. The number of rotatable bonds is 2. The normalized spacial score (nSPS) is 35.2.